The molecule has 1 unspecified atom stereocenters. The van der Waals surface area contributed by atoms with Crippen LogP contribution in [0.5, 0.6) is 0 Å². The predicted molar refractivity (Wildman–Crippen MR) is 64.3 cm³/mol. The zero-order valence-corrected chi connectivity index (χ0v) is 10.5. The Hall–Kier alpha value is -0.603. The number of benzene rings is 1. The van der Waals surface area contributed by atoms with Crippen molar-refractivity contribution in [1.82, 2.24) is 0 Å². The summed E-state index contributed by atoms with van der Waals surface area (Å²) < 4.78 is 0. The molecular weight excluding hydrogens is 188 g/mol. The van der Waals surface area contributed by atoms with E-state index in [1.165, 1.54) is 5.56 Å². The van der Waals surface area contributed by atoms with E-state index < -0.39 is 8.07 Å². The van der Waals surface area contributed by atoms with Crippen molar-refractivity contribution in [3.8, 4) is 0 Å². The first kappa shape index (κ1) is 11.5. The number of hydrogen-bond donors (Lipinski definition) is 1. The minimum absolute atomic E-state index is 0.276. The molecule has 0 aliphatic rings. The van der Waals surface area contributed by atoms with Gasteiger partial charge in [-0.15, -0.1) is 0 Å². The van der Waals surface area contributed by atoms with Gasteiger partial charge in [0.25, 0.3) is 0 Å². The molecule has 14 heavy (non-hydrogen) atoms. The van der Waals surface area contributed by atoms with E-state index in [2.05, 4.69) is 38.7 Å². The van der Waals surface area contributed by atoms with Crippen LogP contribution in [-0.4, -0.2) is 13.2 Å². The molecular formula is C12H20OSi. The average molecular weight is 208 g/mol. The van der Waals surface area contributed by atoms with Gasteiger partial charge >= 0.3 is 0 Å². The van der Waals surface area contributed by atoms with Crippen molar-refractivity contribution in [1.29, 1.82) is 0 Å². The highest BCUT2D eigenvalue weighted by atomic mass is 28.3. The van der Waals surface area contributed by atoms with Crippen molar-refractivity contribution >= 4 is 8.07 Å². The second-order valence-corrected chi connectivity index (χ2v) is 10.7. The molecule has 0 amide bonds. The summed E-state index contributed by atoms with van der Waals surface area (Å²) in [6.07, 6.45) is -0.276. The quantitative estimate of drug-likeness (QED) is 0.755. The molecule has 1 atom stereocenters. The molecule has 0 bridgehead atoms. The third-order valence-electron chi connectivity index (χ3n) is 2.27. The Kier molecular flexibility index (Phi) is 3.51. The molecule has 0 aromatic heterocycles. The molecule has 0 aliphatic heterocycles. The molecule has 1 aromatic rings. The molecule has 1 nitrogen and oxygen atoms in total. The molecule has 0 heterocycles. The fourth-order valence-electron chi connectivity index (χ4n) is 1.49. The van der Waals surface area contributed by atoms with E-state index in [9.17, 15) is 5.11 Å². The van der Waals surface area contributed by atoms with Crippen molar-refractivity contribution in [2.24, 2.45) is 0 Å². The van der Waals surface area contributed by atoms with E-state index in [-0.39, 0.29) is 6.10 Å². The van der Waals surface area contributed by atoms with E-state index in [4.69, 9.17) is 0 Å². The fourth-order valence-corrected chi connectivity index (χ4v) is 2.88. The molecule has 0 fully saturated rings. The highest BCUT2D eigenvalue weighted by Gasteiger charge is 2.19. The van der Waals surface area contributed by atoms with Gasteiger partial charge in [-0.1, -0.05) is 49.5 Å². The number of hydrogen-bond acceptors (Lipinski definition) is 1. The van der Waals surface area contributed by atoms with Gasteiger partial charge < -0.3 is 5.11 Å². The number of aryl methyl sites for hydroxylation is 1. The molecule has 1 rings (SSSR count). The maximum Gasteiger partial charge on any atom is 0.0766 e. The van der Waals surface area contributed by atoms with Crippen LogP contribution in [0.3, 0.4) is 0 Å². The zero-order valence-electron chi connectivity index (χ0n) is 9.54. The van der Waals surface area contributed by atoms with E-state index in [0.29, 0.717) is 0 Å². The van der Waals surface area contributed by atoms with Crippen molar-refractivity contribution < 1.29 is 5.11 Å². The van der Waals surface area contributed by atoms with Crippen LogP contribution in [-0.2, 0) is 0 Å². The number of rotatable bonds is 3. The van der Waals surface area contributed by atoms with Gasteiger partial charge in [-0.3, -0.25) is 0 Å². The summed E-state index contributed by atoms with van der Waals surface area (Å²) in [5, 5.41) is 9.98. The second kappa shape index (κ2) is 4.28. The minimum Gasteiger partial charge on any atom is -0.389 e. The molecule has 0 saturated heterocycles. The van der Waals surface area contributed by atoms with Crippen LogP contribution < -0.4 is 0 Å². The standard InChI is InChI=1S/C12H20OSi/c1-10-5-7-11(8-6-10)12(13)9-14(2,3)4/h5-8,12-13H,9H2,1-4H3. The molecule has 2 heteroatoms. The first-order valence-corrected chi connectivity index (χ1v) is 8.84. The molecule has 0 spiro atoms. The monoisotopic (exact) mass is 208 g/mol. The average Bonchev–Trinajstić information content (AvgIpc) is 2.02. The molecule has 0 saturated carbocycles. The van der Waals surface area contributed by atoms with Crippen LogP contribution in [0.2, 0.25) is 25.7 Å². The molecule has 0 radical (unpaired) electrons. The fraction of sp³-hybridized carbons (Fsp3) is 0.500. The van der Waals surface area contributed by atoms with Crippen molar-refractivity contribution in [2.45, 2.75) is 38.7 Å². The molecule has 1 N–H and O–H groups in total. The Bertz CT molecular complexity index is 284. The molecule has 78 valence electrons. The summed E-state index contributed by atoms with van der Waals surface area (Å²) in [6.45, 7) is 8.91. The van der Waals surface area contributed by atoms with Crippen molar-refractivity contribution in [2.75, 3.05) is 0 Å². The maximum absolute atomic E-state index is 9.98. The van der Waals surface area contributed by atoms with Crippen LogP contribution in [0.25, 0.3) is 0 Å². The molecule has 1 aromatic carbocycles. The lowest BCUT2D eigenvalue weighted by atomic mass is 10.1. The van der Waals surface area contributed by atoms with Crippen molar-refractivity contribution in [3.05, 3.63) is 35.4 Å². The summed E-state index contributed by atoms with van der Waals surface area (Å²) >= 11 is 0. The predicted octanol–water partition coefficient (Wildman–Crippen LogP) is 3.37. The summed E-state index contributed by atoms with van der Waals surface area (Å²) in [7, 11) is -1.17. The highest BCUT2D eigenvalue weighted by molar-refractivity contribution is 6.76. The van der Waals surface area contributed by atoms with Gasteiger partial charge in [0.1, 0.15) is 0 Å². The lowest BCUT2D eigenvalue weighted by Gasteiger charge is -2.20. The van der Waals surface area contributed by atoms with Crippen LogP contribution in [0.1, 0.15) is 17.2 Å². The van der Waals surface area contributed by atoms with Gasteiger partial charge in [0.2, 0.25) is 0 Å². The van der Waals surface area contributed by atoms with E-state index in [1.807, 2.05) is 12.1 Å². The first-order valence-electron chi connectivity index (χ1n) is 5.13. The SMILES string of the molecule is Cc1ccc(C(O)C[Si](C)(C)C)cc1. The van der Waals surface area contributed by atoms with Gasteiger partial charge in [-0.05, 0) is 18.5 Å². The van der Waals surface area contributed by atoms with Crippen molar-refractivity contribution in [3.63, 3.8) is 0 Å². The maximum atomic E-state index is 9.98. The van der Waals surface area contributed by atoms with Crippen LogP contribution in [0, 0.1) is 6.92 Å². The van der Waals surface area contributed by atoms with Gasteiger partial charge in [0, 0.05) is 8.07 Å². The smallest absolute Gasteiger partial charge is 0.0766 e. The number of aliphatic hydroxyl groups is 1. The normalized spacial score (nSPS) is 14.1. The van der Waals surface area contributed by atoms with E-state index in [0.717, 1.165) is 11.6 Å². The Labute approximate surface area is 87.8 Å². The van der Waals surface area contributed by atoms with Gasteiger partial charge in [0.15, 0.2) is 0 Å². The largest absolute Gasteiger partial charge is 0.389 e. The lowest BCUT2D eigenvalue weighted by molar-refractivity contribution is 0.197. The Morgan fingerprint density at radius 2 is 1.64 bits per heavy atom. The van der Waals surface area contributed by atoms with Crippen LogP contribution in [0.15, 0.2) is 24.3 Å². The van der Waals surface area contributed by atoms with Gasteiger partial charge in [0.05, 0.1) is 6.10 Å². The summed E-state index contributed by atoms with van der Waals surface area (Å²) in [5.41, 5.74) is 2.30. The second-order valence-electron chi connectivity index (χ2n) is 5.19. The van der Waals surface area contributed by atoms with Crippen LogP contribution in [0.4, 0.5) is 0 Å². The topological polar surface area (TPSA) is 20.2 Å². The third kappa shape index (κ3) is 3.64. The Morgan fingerprint density at radius 3 is 2.07 bits per heavy atom. The summed E-state index contributed by atoms with van der Waals surface area (Å²) in [6, 6.07) is 9.11. The van der Waals surface area contributed by atoms with Gasteiger partial charge in [-0.25, -0.2) is 0 Å². The molecule has 0 aliphatic carbocycles. The Balaban J connectivity index is 2.70. The third-order valence-corrected chi connectivity index (χ3v) is 3.88. The Morgan fingerprint density at radius 1 is 1.14 bits per heavy atom. The van der Waals surface area contributed by atoms with Gasteiger partial charge in [-0.2, -0.15) is 0 Å². The number of aliphatic hydroxyl groups excluding tert-OH is 1. The first-order chi connectivity index (χ1) is 6.38. The minimum atomic E-state index is -1.17. The summed E-state index contributed by atoms with van der Waals surface area (Å²) in [4.78, 5) is 0. The summed E-state index contributed by atoms with van der Waals surface area (Å²) in [5.74, 6) is 0. The van der Waals surface area contributed by atoms with Crippen LogP contribution >= 0.6 is 0 Å². The van der Waals surface area contributed by atoms with E-state index in [1.54, 1.807) is 0 Å². The van der Waals surface area contributed by atoms with E-state index >= 15 is 0 Å². The zero-order chi connectivity index (χ0) is 10.8. The highest BCUT2D eigenvalue weighted by Crippen LogP contribution is 2.24. The lowest BCUT2D eigenvalue weighted by Crippen LogP contribution is -2.22.